The first-order chi connectivity index (χ1) is 18.0. The molecule has 37 heavy (non-hydrogen) atoms. The molecule has 2 N–H and O–H groups in total. The number of carbonyl (C=O) groups excluding carboxylic acids is 2. The predicted molar refractivity (Wildman–Crippen MR) is 143 cm³/mol. The minimum absolute atomic E-state index is 0.00730. The number of rotatable bonds is 10. The molecule has 0 unspecified atom stereocenters. The number of nitrogens with one attached hydrogen (secondary N) is 2. The third kappa shape index (κ3) is 6.35. The Morgan fingerprint density at radius 3 is 2.38 bits per heavy atom. The Labute approximate surface area is 218 Å². The summed E-state index contributed by atoms with van der Waals surface area (Å²) < 4.78 is 5.94. The standard InChI is InChI=1S/C30H34N4O3/c1-20-8-10-22(11-9-20)21(2)16-32-28(23-6-4-3-5-7-23)29(35)33-27-15-14-25(17-31-27)37-26-18-34(19-26)30(36)24-12-13-24/h3-11,14-15,17,21,24,26,28,32H,12-13,16,18-19H2,1-2H3,(H,31,33,35)/t21-,28+/m1/s1. The van der Waals surface area contributed by atoms with Crippen LogP contribution in [0.25, 0.3) is 0 Å². The number of ether oxygens (including phenoxy) is 1. The van der Waals surface area contributed by atoms with Crippen LogP contribution in [0.5, 0.6) is 5.75 Å². The highest BCUT2D eigenvalue weighted by Crippen LogP contribution is 2.33. The third-order valence-corrected chi connectivity index (χ3v) is 7.05. The molecule has 192 valence electrons. The van der Waals surface area contributed by atoms with Gasteiger partial charge in [0.05, 0.1) is 19.3 Å². The fourth-order valence-corrected chi connectivity index (χ4v) is 4.51. The number of aromatic nitrogens is 1. The second kappa shape index (κ2) is 11.1. The lowest BCUT2D eigenvalue weighted by atomic mass is 9.98. The van der Waals surface area contributed by atoms with Crippen LogP contribution in [0.3, 0.4) is 0 Å². The van der Waals surface area contributed by atoms with E-state index in [2.05, 4.69) is 53.7 Å². The van der Waals surface area contributed by atoms with Crippen LogP contribution in [0.4, 0.5) is 5.82 Å². The maximum Gasteiger partial charge on any atom is 0.247 e. The Morgan fingerprint density at radius 2 is 1.73 bits per heavy atom. The summed E-state index contributed by atoms with van der Waals surface area (Å²) in [6, 6.07) is 21.2. The lowest BCUT2D eigenvalue weighted by Gasteiger charge is -2.39. The summed E-state index contributed by atoms with van der Waals surface area (Å²) in [5.74, 6) is 1.67. The Morgan fingerprint density at radius 1 is 1.00 bits per heavy atom. The van der Waals surface area contributed by atoms with Gasteiger partial charge in [0, 0.05) is 12.5 Å². The van der Waals surface area contributed by atoms with Crippen LogP contribution in [-0.4, -0.2) is 47.4 Å². The Kier molecular flexibility index (Phi) is 7.51. The van der Waals surface area contributed by atoms with E-state index < -0.39 is 6.04 Å². The molecule has 2 amide bonds. The van der Waals surface area contributed by atoms with Crippen molar-refractivity contribution in [2.24, 2.45) is 5.92 Å². The van der Waals surface area contributed by atoms with Gasteiger partial charge in [0.1, 0.15) is 23.7 Å². The molecule has 1 aliphatic carbocycles. The summed E-state index contributed by atoms with van der Waals surface area (Å²) in [5.41, 5.74) is 3.35. The van der Waals surface area contributed by atoms with Crippen LogP contribution < -0.4 is 15.4 Å². The molecule has 0 radical (unpaired) electrons. The summed E-state index contributed by atoms with van der Waals surface area (Å²) in [7, 11) is 0. The summed E-state index contributed by atoms with van der Waals surface area (Å²) >= 11 is 0. The van der Waals surface area contributed by atoms with Crippen LogP contribution >= 0.6 is 0 Å². The van der Waals surface area contributed by atoms with Gasteiger partial charge in [-0.2, -0.15) is 0 Å². The van der Waals surface area contributed by atoms with E-state index in [0.717, 1.165) is 18.4 Å². The largest absolute Gasteiger partial charge is 0.485 e. The highest BCUT2D eigenvalue weighted by molar-refractivity contribution is 5.94. The van der Waals surface area contributed by atoms with Crippen LogP contribution in [0.2, 0.25) is 0 Å². The molecule has 1 saturated heterocycles. The van der Waals surface area contributed by atoms with Crippen molar-refractivity contribution in [1.82, 2.24) is 15.2 Å². The minimum atomic E-state index is -0.517. The van der Waals surface area contributed by atoms with Gasteiger partial charge < -0.3 is 20.3 Å². The second-order valence-electron chi connectivity index (χ2n) is 10.2. The lowest BCUT2D eigenvalue weighted by Crippen LogP contribution is -2.56. The number of nitrogens with zero attached hydrogens (tertiary/aromatic N) is 2. The quantitative estimate of drug-likeness (QED) is 0.431. The number of benzene rings is 2. The molecule has 1 saturated carbocycles. The first kappa shape index (κ1) is 25.0. The molecule has 0 spiro atoms. The van der Waals surface area contributed by atoms with Gasteiger partial charge in [0.15, 0.2) is 0 Å². The number of carbonyl (C=O) groups is 2. The number of hydrogen-bond donors (Lipinski definition) is 2. The summed E-state index contributed by atoms with van der Waals surface area (Å²) in [5, 5.41) is 6.39. The van der Waals surface area contributed by atoms with Crippen molar-refractivity contribution in [3.8, 4) is 5.75 Å². The molecule has 2 fully saturated rings. The van der Waals surface area contributed by atoms with Crippen molar-refractivity contribution in [3.63, 3.8) is 0 Å². The maximum absolute atomic E-state index is 13.3. The van der Waals surface area contributed by atoms with Gasteiger partial charge in [0.2, 0.25) is 11.8 Å². The summed E-state index contributed by atoms with van der Waals surface area (Å²) in [6.45, 7) is 6.13. The first-order valence-corrected chi connectivity index (χ1v) is 13.0. The highest BCUT2D eigenvalue weighted by Gasteiger charge is 2.40. The van der Waals surface area contributed by atoms with Crippen LogP contribution in [0.15, 0.2) is 72.9 Å². The average Bonchev–Trinajstić information content (AvgIpc) is 3.73. The highest BCUT2D eigenvalue weighted by atomic mass is 16.5. The SMILES string of the molecule is Cc1ccc([C@H](C)CN[C@H](C(=O)Nc2ccc(OC3CN(C(=O)C4CC4)C3)cn2)c2ccccc2)cc1. The van der Waals surface area contributed by atoms with Gasteiger partial charge in [-0.1, -0.05) is 67.1 Å². The molecule has 2 aliphatic rings. The van der Waals surface area contributed by atoms with Gasteiger partial charge in [0.25, 0.3) is 0 Å². The monoisotopic (exact) mass is 498 g/mol. The third-order valence-electron chi connectivity index (χ3n) is 7.05. The van der Waals surface area contributed by atoms with Crippen molar-refractivity contribution in [2.45, 2.75) is 44.8 Å². The number of likely N-dealkylation sites (tertiary alicyclic amines) is 1. The molecule has 0 bridgehead atoms. The van der Waals surface area contributed by atoms with Gasteiger partial charge in [-0.25, -0.2) is 4.98 Å². The van der Waals surface area contributed by atoms with E-state index in [1.807, 2.05) is 35.2 Å². The lowest BCUT2D eigenvalue weighted by molar-refractivity contribution is -0.141. The normalized spacial score (nSPS) is 17.0. The summed E-state index contributed by atoms with van der Waals surface area (Å²) in [4.78, 5) is 31.6. The molecule has 7 nitrogen and oxygen atoms in total. The molecule has 5 rings (SSSR count). The molecule has 1 aliphatic heterocycles. The molecule has 2 heterocycles. The Balaban J connectivity index is 1.17. The molecule has 2 atom stereocenters. The maximum atomic E-state index is 13.3. The van der Waals surface area contributed by atoms with Crippen molar-refractivity contribution in [2.75, 3.05) is 25.0 Å². The number of aryl methyl sites for hydroxylation is 1. The molecular formula is C30H34N4O3. The van der Waals surface area contributed by atoms with Crippen LogP contribution in [0, 0.1) is 12.8 Å². The van der Waals surface area contributed by atoms with Crippen molar-refractivity contribution in [1.29, 1.82) is 0 Å². The molecule has 2 aromatic carbocycles. The zero-order chi connectivity index (χ0) is 25.8. The van der Waals surface area contributed by atoms with E-state index in [1.54, 1.807) is 18.3 Å². The summed E-state index contributed by atoms with van der Waals surface area (Å²) in [6.07, 6.45) is 3.65. The number of anilines is 1. The number of hydrogen-bond acceptors (Lipinski definition) is 5. The Hall–Kier alpha value is -3.71. The zero-order valence-corrected chi connectivity index (χ0v) is 21.4. The first-order valence-electron chi connectivity index (χ1n) is 13.0. The van der Waals surface area contributed by atoms with Crippen molar-refractivity contribution < 1.29 is 14.3 Å². The van der Waals surface area contributed by atoms with E-state index in [-0.39, 0.29) is 29.8 Å². The van der Waals surface area contributed by atoms with E-state index >= 15 is 0 Å². The molecule has 7 heteroatoms. The molecule has 3 aromatic rings. The Bertz CT molecular complexity index is 1200. The fourth-order valence-electron chi connectivity index (χ4n) is 4.51. The van der Waals surface area contributed by atoms with Crippen molar-refractivity contribution >= 4 is 17.6 Å². The number of amides is 2. The smallest absolute Gasteiger partial charge is 0.247 e. The van der Waals surface area contributed by atoms with E-state index in [4.69, 9.17) is 4.74 Å². The average molecular weight is 499 g/mol. The van der Waals surface area contributed by atoms with Crippen LogP contribution in [0.1, 0.15) is 48.4 Å². The topological polar surface area (TPSA) is 83.6 Å². The van der Waals surface area contributed by atoms with Crippen molar-refractivity contribution in [3.05, 3.63) is 89.6 Å². The van der Waals surface area contributed by atoms with E-state index in [9.17, 15) is 9.59 Å². The number of pyridine rings is 1. The van der Waals surface area contributed by atoms with Gasteiger partial charge in [-0.3, -0.25) is 9.59 Å². The fraction of sp³-hybridized carbons (Fsp3) is 0.367. The van der Waals surface area contributed by atoms with Crippen LogP contribution in [-0.2, 0) is 9.59 Å². The van der Waals surface area contributed by atoms with E-state index in [1.165, 1.54) is 11.1 Å². The predicted octanol–water partition coefficient (Wildman–Crippen LogP) is 4.46. The van der Waals surface area contributed by atoms with E-state index in [0.29, 0.717) is 31.2 Å². The van der Waals surface area contributed by atoms with Gasteiger partial charge in [-0.15, -0.1) is 0 Å². The molecule has 1 aromatic heterocycles. The minimum Gasteiger partial charge on any atom is -0.485 e. The van der Waals surface area contributed by atoms with Gasteiger partial charge in [-0.05, 0) is 48.9 Å². The van der Waals surface area contributed by atoms with Gasteiger partial charge >= 0.3 is 0 Å². The second-order valence-corrected chi connectivity index (χ2v) is 10.2. The molecular weight excluding hydrogens is 464 g/mol. The zero-order valence-electron chi connectivity index (χ0n) is 21.4.